The first-order valence-corrected chi connectivity index (χ1v) is 7.82. The minimum absolute atomic E-state index is 0.0429. The molecule has 3 aromatic rings. The number of aryl methyl sites for hydroxylation is 3. The van der Waals surface area contributed by atoms with E-state index in [0.717, 1.165) is 35.3 Å². The van der Waals surface area contributed by atoms with E-state index in [9.17, 15) is 4.79 Å². The third-order valence-electron chi connectivity index (χ3n) is 4.02. The van der Waals surface area contributed by atoms with Gasteiger partial charge in [0.25, 0.3) is 0 Å². The maximum Gasteiger partial charge on any atom is 0.220 e. The molecule has 0 saturated heterocycles. The highest BCUT2D eigenvalue weighted by Crippen LogP contribution is 2.17. The van der Waals surface area contributed by atoms with Gasteiger partial charge < -0.3 is 10.3 Å². The zero-order valence-electron chi connectivity index (χ0n) is 13.4. The van der Waals surface area contributed by atoms with Crippen molar-refractivity contribution >= 4 is 16.9 Å². The van der Waals surface area contributed by atoms with Gasteiger partial charge in [-0.2, -0.15) is 5.10 Å². The van der Waals surface area contributed by atoms with Gasteiger partial charge in [-0.25, -0.2) is 4.98 Å². The average molecular weight is 311 g/mol. The van der Waals surface area contributed by atoms with E-state index in [1.807, 2.05) is 6.20 Å². The molecule has 23 heavy (non-hydrogen) atoms. The van der Waals surface area contributed by atoms with Crippen LogP contribution >= 0.6 is 0 Å². The molecule has 2 aromatic heterocycles. The monoisotopic (exact) mass is 311 g/mol. The second kappa shape index (κ2) is 6.64. The Morgan fingerprint density at radius 3 is 2.87 bits per heavy atom. The number of aromatic nitrogens is 4. The molecule has 0 aliphatic carbocycles. The summed E-state index contributed by atoms with van der Waals surface area (Å²) >= 11 is 0. The summed E-state index contributed by atoms with van der Waals surface area (Å²) < 4.78 is 0. The Labute approximate surface area is 134 Å². The fourth-order valence-electron chi connectivity index (χ4n) is 2.54. The fourth-order valence-corrected chi connectivity index (χ4v) is 2.54. The molecule has 6 heteroatoms. The van der Waals surface area contributed by atoms with Crippen LogP contribution in [0.5, 0.6) is 0 Å². The van der Waals surface area contributed by atoms with Crippen LogP contribution in [-0.2, 0) is 17.8 Å². The maximum atomic E-state index is 11.9. The van der Waals surface area contributed by atoms with Gasteiger partial charge in [0.2, 0.25) is 5.91 Å². The molecule has 0 bridgehead atoms. The van der Waals surface area contributed by atoms with Crippen LogP contribution in [0.15, 0.2) is 24.5 Å². The molecular weight excluding hydrogens is 290 g/mol. The summed E-state index contributed by atoms with van der Waals surface area (Å²) in [6.45, 7) is 4.58. The van der Waals surface area contributed by atoms with E-state index in [-0.39, 0.29) is 5.91 Å². The number of hydrogen-bond donors (Lipinski definition) is 3. The van der Waals surface area contributed by atoms with E-state index in [2.05, 4.69) is 51.5 Å². The minimum Gasteiger partial charge on any atom is -0.349 e. The normalized spacial score (nSPS) is 11.0. The van der Waals surface area contributed by atoms with Crippen molar-refractivity contribution in [1.82, 2.24) is 25.5 Å². The number of carbonyl (C=O) groups excluding carboxylic acids is 1. The average Bonchev–Trinajstić information content (AvgIpc) is 3.15. The Kier molecular flexibility index (Phi) is 4.41. The molecule has 120 valence electrons. The van der Waals surface area contributed by atoms with Gasteiger partial charge in [-0.3, -0.25) is 9.89 Å². The SMILES string of the molecule is Cc1cc2nc(CNC(=O)CCCc3cn[nH]c3)[nH]c2cc1C. The van der Waals surface area contributed by atoms with Crippen LogP contribution in [0.4, 0.5) is 0 Å². The van der Waals surface area contributed by atoms with E-state index in [1.165, 1.54) is 11.1 Å². The second-order valence-corrected chi connectivity index (χ2v) is 5.87. The van der Waals surface area contributed by atoms with Gasteiger partial charge >= 0.3 is 0 Å². The summed E-state index contributed by atoms with van der Waals surface area (Å²) in [5, 5.41) is 9.58. The Morgan fingerprint density at radius 2 is 2.09 bits per heavy atom. The third-order valence-corrected chi connectivity index (χ3v) is 4.02. The summed E-state index contributed by atoms with van der Waals surface area (Å²) in [6.07, 6.45) is 5.81. The number of nitrogens with one attached hydrogen (secondary N) is 3. The second-order valence-electron chi connectivity index (χ2n) is 5.87. The lowest BCUT2D eigenvalue weighted by Gasteiger charge is -2.02. The molecule has 0 aliphatic heterocycles. The largest absolute Gasteiger partial charge is 0.349 e. The summed E-state index contributed by atoms with van der Waals surface area (Å²) in [4.78, 5) is 19.7. The number of H-pyrrole nitrogens is 2. The molecule has 0 unspecified atom stereocenters. The highest BCUT2D eigenvalue weighted by atomic mass is 16.1. The van der Waals surface area contributed by atoms with Crippen molar-refractivity contribution in [3.8, 4) is 0 Å². The van der Waals surface area contributed by atoms with E-state index in [1.54, 1.807) is 6.20 Å². The molecule has 2 heterocycles. The lowest BCUT2D eigenvalue weighted by Crippen LogP contribution is -2.23. The van der Waals surface area contributed by atoms with Gasteiger partial charge in [-0.1, -0.05) is 0 Å². The molecule has 0 radical (unpaired) electrons. The lowest BCUT2D eigenvalue weighted by molar-refractivity contribution is -0.121. The number of carbonyl (C=O) groups is 1. The van der Waals surface area contributed by atoms with Gasteiger partial charge in [0.05, 0.1) is 23.8 Å². The summed E-state index contributed by atoms with van der Waals surface area (Å²) in [5.74, 6) is 0.828. The van der Waals surface area contributed by atoms with Crippen LogP contribution in [0.2, 0.25) is 0 Å². The molecule has 1 amide bonds. The standard InChI is InChI=1S/C17H21N5O/c1-11-6-14-15(7-12(11)2)22-16(21-14)10-18-17(23)5-3-4-13-8-19-20-9-13/h6-9H,3-5,10H2,1-2H3,(H,18,23)(H,19,20)(H,21,22). The van der Waals surface area contributed by atoms with Crippen molar-refractivity contribution in [2.45, 2.75) is 39.7 Å². The quantitative estimate of drug-likeness (QED) is 0.654. The van der Waals surface area contributed by atoms with E-state index in [0.29, 0.717) is 13.0 Å². The summed E-state index contributed by atoms with van der Waals surface area (Å²) in [5.41, 5.74) is 5.53. The van der Waals surface area contributed by atoms with Crippen LogP contribution < -0.4 is 5.32 Å². The van der Waals surface area contributed by atoms with Gasteiger partial charge in [-0.05, 0) is 55.5 Å². The van der Waals surface area contributed by atoms with E-state index < -0.39 is 0 Å². The molecule has 0 fully saturated rings. The van der Waals surface area contributed by atoms with Crippen LogP contribution in [0, 0.1) is 13.8 Å². The van der Waals surface area contributed by atoms with Crippen molar-refractivity contribution in [2.75, 3.05) is 0 Å². The van der Waals surface area contributed by atoms with Crippen molar-refractivity contribution in [1.29, 1.82) is 0 Å². The molecule has 3 N–H and O–H groups in total. The smallest absolute Gasteiger partial charge is 0.220 e. The van der Waals surface area contributed by atoms with Crippen molar-refractivity contribution < 1.29 is 4.79 Å². The number of amides is 1. The molecule has 6 nitrogen and oxygen atoms in total. The number of rotatable bonds is 6. The Bertz CT molecular complexity index is 765. The predicted molar refractivity (Wildman–Crippen MR) is 88.9 cm³/mol. The van der Waals surface area contributed by atoms with Gasteiger partial charge in [-0.15, -0.1) is 0 Å². The molecule has 0 aliphatic rings. The Balaban J connectivity index is 1.50. The van der Waals surface area contributed by atoms with Crippen molar-refractivity contribution in [3.05, 3.63) is 47.0 Å². The first-order chi connectivity index (χ1) is 11.1. The molecule has 0 spiro atoms. The van der Waals surface area contributed by atoms with Crippen molar-refractivity contribution in [3.63, 3.8) is 0 Å². The zero-order valence-corrected chi connectivity index (χ0v) is 13.4. The maximum absolute atomic E-state index is 11.9. The molecule has 0 saturated carbocycles. The highest BCUT2D eigenvalue weighted by Gasteiger charge is 2.07. The third kappa shape index (κ3) is 3.77. The molecular formula is C17H21N5O. The molecule has 1 aromatic carbocycles. The number of benzene rings is 1. The number of fused-ring (bicyclic) bond motifs is 1. The number of aromatic amines is 2. The Hall–Kier alpha value is -2.63. The summed E-state index contributed by atoms with van der Waals surface area (Å²) in [7, 11) is 0. The zero-order chi connectivity index (χ0) is 16.2. The predicted octanol–water partition coefficient (Wildman–Crippen LogP) is 2.54. The van der Waals surface area contributed by atoms with Crippen LogP contribution in [0.25, 0.3) is 11.0 Å². The minimum atomic E-state index is 0.0429. The topological polar surface area (TPSA) is 86.5 Å². The van der Waals surface area contributed by atoms with E-state index in [4.69, 9.17) is 0 Å². The van der Waals surface area contributed by atoms with E-state index >= 15 is 0 Å². The molecule has 0 atom stereocenters. The lowest BCUT2D eigenvalue weighted by atomic mass is 10.1. The van der Waals surface area contributed by atoms with Gasteiger partial charge in [0, 0.05) is 12.6 Å². The van der Waals surface area contributed by atoms with Crippen molar-refractivity contribution in [2.24, 2.45) is 0 Å². The van der Waals surface area contributed by atoms with Crippen LogP contribution in [-0.4, -0.2) is 26.1 Å². The number of hydrogen-bond acceptors (Lipinski definition) is 3. The molecule has 3 rings (SSSR count). The van der Waals surface area contributed by atoms with Gasteiger partial charge in [0.15, 0.2) is 0 Å². The Morgan fingerprint density at radius 1 is 1.26 bits per heavy atom. The highest BCUT2D eigenvalue weighted by molar-refractivity contribution is 5.78. The first-order valence-electron chi connectivity index (χ1n) is 7.82. The number of imidazole rings is 1. The number of nitrogens with zero attached hydrogens (tertiary/aromatic N) is 2. The van der Waals surface area contributed by atoms with Crippen LogP contribution in [0.1, 0.15) is 35.4 Å². The van der Waals surface area contributed by atoms with Crippen LogP contribution in [0.3, 0.4) is 0 Å². The van der Waals surface area contributed by atoms with Gasteiger partial charge in [0.1, 0.15) is 5.82 Å². The summed E-state index contributed by atoms with van der Waals surface area (Å²) in [6, 6.07) is 4.16. The fraction of sp³-hybridized carbons (Fsp3) is 0.353. The first kappa shape index (κ1) is 15.3.